The Labute approximate surface area is 104 Å². The molecule has 0 aliphatic heterocycles. The van der Waals surface area contributed by atoms with Gasteiger partial charge in [-0.15, -0.1) is 0 Å². The van der Waals surface area contributed by atoms with Gasteiger partial charge in [0.25, 0.3) is 0 Å². The maximum atomic E-state index is 8.81. The summed E-state index contributed by atoms with van der Waals surface area (Å²) in [6.45, 7) is 5.24. The maximum absolute atomic E-state index is 8.81. The molecule has 0 heterocycles. The van der Waals surface area contributed by atoms with Crippen LogP contribution in [0.5, 0.6) is 0 Å². The Balaban J connectivity index is 1.87. The molecule has 1 saturated carbocycles. The minimum atomic E-state index is 0.595. The Hall–Kier alpha value is -1.33. The zero-order chi connectivity index (χ0) is 12.3. The van der Waals surface area contributed by atoms with Crippen LogP contribution in [0.2, 0.25) is 0 Å². The van der Waals surface area contributed by atoms with Crippen molar-refractivity contribution in [3.63, 3.8) is 0 Å². The Morgan fingerprint density at radius 3 is 2.82 bits per heavy atom. The molecule has 1 aliphatic rings. The van der Waals surface area contributed by atoms with E-state index in [1.807, 2.05) is 12.1 Å². The minimum absolute atomic E-state index is 0.595. The van der Waals surface area contributed by atoms with Gasteiger partial charge in [0.15, 0.2) is 0 Å². The van der Waals surface area contributed by atoms with E-state index in [1.165, 1.54) is 30.4 Å². The molecule has 0 amide bonds. The molecule has 90 valence electrons. The molecule has 1 atom stereocenters. The third-order valence-corrected chi connectivity index (χ3v) is 3.50. The third kappa shape index (κ3) is 3.57. The summed E-state index contributed by atoms with van der Waals surface area (Å²) in [6.07, 6.45) is 4.14. The highest BCUT2D eigenvalue weighted by Crippen LogP contribution is 2.33. The molecule has 17 heavy (non-hydrogen) atoms. The van der Waals surface area contributed by atoms with E-state index in [0.29, 0.717) is 6.04 Å². The van der Waals surface area contributed by atoms with Gasteiger partial charge in [0.05, 0.1) is 11.6 Å². The number of aryl methyl sites for hydroxylation is 1. The van der Waals surface area contributed by atoms with Gasteiger partial charge in [-0.25, -0.2) is 0 Å². The molecule has 1 fully saturated rings. The highest BCUT2D eigenvalue weighted by atomic mass is 14.9. The summed E-state index contributed by atoms with van der Waals surface area (Å²) < 4.78 is 0. The molecule has 0 saturated heterocycles. The first-order valence-corrected chi connectivity index (χ1v) is 6.42. The van der Waals surface area contributed by atoms with Crippen LogP contribution in [0.3, 0.4) is 0 Å². The average molecular weight is 228 g/mol. The van der Waals surface area contributed by atoms with Gasteiger partial charge in [-0.2, -0.15) is 5.26 Å². The molecule has 2 rings (SSSR count). The van der Waals surface area contributed by atoms with E-state index >= 15 is 0 Å². The molecular formula is C15H20N2. The SMILES string of the molecule is Cc1cc(C#N)ccc1CNC(C)CC1CC1. The van der Waals surface area contributed by atoms with Crippen LogP contribution in [0, 0.1) is 24.2 Å². The first-order chi connectivity index (χ1) is 8.19. The number of hydrogen-bond donors (Lipinski definition) is 1. The van der Waals surface area contributed by atoms with E-state index in [9.17, 15) is 0 Å². The first-order valence-electron chi connectivity index (χ1n) is 6.42. The fourth-order valence-corrected chi connectivity index (χ4v) is 2.18. The molecule has 1 N–H and O–H groups in total. The Morgan fingerprint density at radius 1 is 1.47 bits per heavy atom. The van der Waals surface area contributed by atoms with E-state index in [-0.39, 0.29) is 0 Å². The van der Waals surface area contributed by atoms with Crippen molar-refractivity contribution in [1.29, 1.82) is 5.26 Å². The second kappa shape index (κ2) is 5.33. The van der Waals surface area contributed by atoms with Crippen molar-refractivity contribution in [2.75, 3.05) is 0 Å². The van der Waals surface area contributed by atoms with Crippen molar-refractivity contribution < 1.29 is 0 Å². The summed E-state index contributed by atoms with van der Waals surface area (Å²) in [5, 5.41) is 12.4. The normalized spacial score (nSPS) is 16.5. The van der Waals surface area contributed by atoms with Gasteiger partial charge in [-0.05, 0) is 49.4 Å². The standard InChI is InChI=1S/C15H20N2/c1-11-7-14(9-16)5-6-15(11)10-17-12(2)8-13-3-4-13/h5-7,12-13,17H,3-4,8,10H2,1-2H3. The number of rotatable bonds is 5. The lowest BCUT2D eigenvalue weighted by molar-refractivity contribution is 0.487. The van der Waals surface area contributed by atoms with Gasteiger partial charge < -0.3 is 5.32 Å². The molecule has 0 aromatic heterocycles. The van der Waals surface area contributed by atoms with Crippen LogP contribution in [0.1, 0.15) is 42.9 Å². The lowest BCUT2D eigenvalue weighted by atomic mass is 10.0. The van der Waals surface area contributed by atoms with Crippen molar-refractivity contribution in [3.05, 3.63) is 34.9 Å². The van der Waals surface area contributed by atoms with Gasteiger partial charge in [0.2, 0.25) is 0 Å². The van der Waals surface area contributed by atoms with Gasteiger partial charge in [-0.1, -0.05) is 18.9 Å². The quantitative estimate of drug-likeness (QED) is 0.840. The number of nitriles is 1. The summed E-state index contributed by atoms with van der Waals surface area (Å²) in [5.74, 6) is 0.972. The molecule has 1 unspecified atom stereocenters. The van der Waals surface area contributed by atoms with E-state index < -0.39 is 0 Å². The summed E-state index contributed by atoms with van der Waals surface area (Å²) in [5.41, 5.74) is 3.25. The van der Waals surface area contributed by atoms with Crippen molar-refractivity contribution in [1.82, 2.24) is 5.32 Å². The second-order valence-corrected chi connectivity index (χ2v) is 5.21. The van der Waals surface area contributed by atoms with Crippen molar-refractivity contribution in [2.24, 2.45) is 5.92 Å². The fourth-order valence-electron chi connectivity index (χ4n) is 2.18. The molecule has 2 nitrogen and oxygen atoms in total. The van der Waals surface area contributed by atoms with E-state index in [4.69, 9.17) is 5.26 Å². The van der Waals surface area contributed by atoms with Crippen molar-refractivity contribution in [2.45, 2.75) is 45.7 Å². The number of nitrogens with zero attached hydrogens (tertiary/aromatic N) is 1. The Bertz CT molecular complexity index is 427. The van der Waals surface area contributed by atoms with Crippen molar-refractivity contribution >= 4 is 0 Å². The zero-order valence-electron chi connectivity index (χ0n) is 10.7. The van der Waals surface area contributed by atoms with Crippen LogP contribution >= 0.6 is 0 Å². The molecule has 1 aromatic carbocycles. The Morgan fingerprint density at radius 2 is 2.24 bits per heavy atom. The fraction of sp³-hybridized carbons (Fsp3) is 0.533. The van der Waals surface area contributed by atoms with E-state index in [0.717, 1.165) is 18.0 Å². The molecular weight excluding hydrogens is 208 g/mol. The van der Waals surface area contributed by atoms with Gasteiger partial charge in [0, 0.05) is 12.6 Å². The summed E-state index contributed by atoms with van der Waals surface area (Å²) in [6, 6.07) is 8.69. The second-order valence-electron chi connectivity index (χ2n) is 5.21. The van der Waals surface area contributed by atoms with Crippen LogP contribution in [0.4, 0.5) is 0 Å². The first kappa shape index (κ1) is 12.1. The Kier molecular flexibility index (Phi) is 3.81. The largest absolute Gasteiger partial charge is 0.310 e. The van der Waals surface area contributed by atoms with Gasteiger partial charge >= 0.3 is 0 Å². The van der Waals surface area contributed by atoms with Crippen LogP contribution in [-0.2, 0) is 6.54 Å². The molecule has 1 aliphatic carbocycles. The van der Waals surface area contributed by atoms with Crippen LogP contribution in [0.15, 0.2) is 18.2 Å². The van der Waals surface area contributed by atoms with Crippen molar-refractivity contribution in [3.8, 4) is 6.07 Å². The van der Waals surface area contributed by atoms with Gasteiger partial charge in [0.1, 0.15) is 0 Å². The number of hydrogen-bond acceptors (Lipinski definition) is 2. The maximum Gasteiger partial charge on any atom is 0.0991 e. The number of nitrogens with one attached hydrogen (secondary N) is 1. The van der Waals surface area contributed by atoms with Crippen LogP contribution in [0.25, 0.3) is 0 Å². The predicted octanol–water partition coefficient (Wildman–Crippen LogP) is 3.14. The van der Waals surface area contributed by atoms with Crippen LogP contribution < -0.4 is 5.32 Å². The zero-order valence-corrected chi connectivity index (χ0v) is 10.7. The molecule has 0 spiro atoms. The smallest absolute Gasteiger partial charge is 0.0991 e. The minimum Gasteiger partial charge on any atom is -0.310 e. The average Bonchev–Trinajstić information content (AvgIpc) is 3.11. The molecule has 0 bridgehead atoms. The predicted molar refractivity (Wildman–Crippen MR) is 69.5 cm³/mol. The van der Waals surface area contributed by atoms with Gasteiger partial charge in [-0.3, -0.25) is 0 Å². The molecule has 1 aromatic rings. The summed E-state index contributed by atoms with van der Waals surface area (Å²) in [7, 11) is 0. The van der Waals surface area contributed by atoms with Crippen LogP contribution in [-0.4, -0.2) is 6.04 Å². The monoisotopic (exact) mass is 228 g/mol. The van der Waals surface area contributed by atoms with E-state index in [2.05, 4.69) is 31.3 Å². The summed E-state index contributed by atoms with van der Waals surface area (Å²) >= 11 is 0. The highest BCUT2D eigenvalue weighted by Gasteiger charge is 2.23. The third-order valence-electron chi connectivity index (χ3n) is 3.50. The highest BCUT2D eigenvalue weighted by molar-refractivity contribution is 5.37. The molecule has 0 radical (unpaired) electrons. The molecule has 2 heteroatoms. The lowest BCUT2D eigenvalue weighted by Crippen LogP contribution is -2.26. The summed E-state index contributed by atoms with van der Waals surface area (Å²) in [4.78, 5) is 0. The topological polar surface area (TPSA) is 35.8 Å². The number of benzene rings is 1. The lowest BCUT2D eigenvalue weighted by Gasteiger charge is -2.14. The van der Waals surface area contributed by atoms with E-state index in [1.54, 1.807) is 0 Å².